The van der Waals surface area contributed by atoms with Crippen LogP contribution in [0, 0.1) is 0 Å². The van der Waals surface area contributed by atoms with Gasteiger partial charge in [-0.3, -0.25) is 4.98 Å². The van der Waals surface area contributed by atoms with Gasteiger partial charge in [0, 0.05) is 25.0 Å². The number of nitrogens with one attached hydrogen (secondary N) is 3. The average Bonchev–Trinajstić information content (AvgIpc) is 2.42. The number of hydrogen-bond acceptors (Lipinski definition) is 6. The van der Waals surface area contributed by atoms with Crippen LogP contribution < -0.4 is 15.4 Å². The number of carbonyl (C=O) groups excluding carboxylic acids is 1. The molecule has 0 aromatic carbocycles. The zero-order valence-electron chi connectivity index (χ0n) is 14.0. The molecular weight excluding hydrogens is 318 g/mol. The first-order valence-electron chi connectivity index (χ1n) is 7.38. The Morgan fingerprint density at radius 3 is 2.65 bits per heavy atom. The molecule has 8 nitrogen and oxygen atoms in total. The molecule has 1 rings (SSSR count). The zero-order chi connectivity index (χ0) is 17.5. The van der Waals surface area contributed by atoms with Crippen molar-refractivity contribution in [2.45, 2.75) is 31.2 Å². The zero-order valence-corrected chi connectivity index (χ0v) is 14.8. The van der Waals surface area contributed by atoms with E-state index >= 15 is 0 Å². The Hall–Kier alpha value is -1.87. The molecule has 1 heterocycles. The lowest BCUT2D eigenvalue weighted by molar-refractivity contribution is 0.243. The highest BCUT2D eigenvalue weighted by Crippen LogP contribution is 2.19. The van der Waals surface area contributed by atoms with Crippen LogP contribution in [0.2, 0.25) is 0 Å². The standard InChI is InChI=1S/C14H25N5O3S/c1-11(2)17-14(20)18-23(21,22)13-10-15-8-6-12(13)16-7-5-9-19(3)4/h6,8,10-11H,5,7,9H2,1-4H3,(H,15,16)(H2,17,18,20). The van der Waals surface area contributed by atoms with Crippen molar-refractivity contribution < 1.29 is 13.2 Å². The van der Waals surface area contributed by atoms with Crippen molar-refractivity contribution in [3.05, 3.63) is 18.5 Å². The third kappa shape index (κ3) is 6.83. The van der Waals surface area contributed by atoms with Crippen LogP contribution in [0.25, 0.3) is 0 Å². The minimum Gasteiger partial charge on any atom is -0.384 e. The quantitative estimate of drug-likeness (QED) is 0.605. The summed E-state index contributed by atoms with van der Waals surface area (Å²) in [6.07, 6.45) is 3.58. The van der Waals surface area contributed by atoms with Gasteiger partial charge >= 0.3 is 6.03 Å². The number of pyridine rings is 1. The fraction of sp³-hybridized carbons (Fsp3) is 0.571. The second-order valence-electron chi connectivity index (χ2n) is 5.69. The predicted octanol–water partition coefficient (Wildman–Crippen LogP) is 0.842. The van der Waals surface area contributed by atoms with E-state index in [1.165, 1.54) is 12.4 Å². The van der Waals surface area contributed by atoms with Gasteiger partial charge in [-0.05, 0) is 47.0 Å². The highest BCUT2D eigenvalue weighted by Gasteiger charge is 2.21. The summed E-state index contributed by atoms with van der Waals surface area (Å²) >= 11 is 0. The summed E-state index contributed by atoms with van der Waals surface area (Å²) in [5, 5.41) is 5.55. The van der Waals surface area contributed by atoms with Crippen LogP contribution in [0.5, 0.6) is 0 Å². The summed E-state index contributed by atoms with van der Waals surface area (Å²) in [6.45, 7) is 4.99. The molecule has 0 saturated carbocycles. The highest BCUT2D eigenvalue weighted by atomic mass is 32.2. The molecule has 2 amide bonds. The van der Waals surface area contributed by atoms with Gasteiger partial charge in [-0.2, -0.15) is 0 Å². The second kappa shape index (κ2) is 8.68. The van der Waals surface area contributed by atoms with Gasteiger partial charge in [-0.25, -0.2) is 17.9 Å². The molecule has 0 atom stereocenters. The molecule has 130 valence electrons. The van der Waals surface area contributed by atoms with Gasteiger partial charge in [0.25, 0.3) is 10.0 Å². The summed E-state index contributed by atoms with van der Waals surface area (Å²) in [4.78, 5) is 17.5. The summed E-state index contributed by atoms with van der Waals surface area (Å²) in [6, 6.07) is 0.648. The SMILES string of the molecule is CC(C)NC(=O)NS(=O)(=O)c1cnccc1NCCCN(C)C. The molecule has 1 aromatic heterocycles. The maximum absolute atomic E-state index is 12.3. The molecule has 0 saturated heterocycles. The van der Waals surface area contributed by atoms with Crippen molar-refractivity contribution in [1.29, 1.82) is 0 Å². The summed E-state index contributed by atoms with van der Waals surface area (Å²) in [7, 11) is -0.0431. The lowest BCUT2D eigenvalue weighted by atomic mass is 10.3. The number of hydrogen-bond donors (Lipinski definition) is 3. The van der Waals surface area contributed by atoms with E-state index in [0.29, 0.717) is 12.2 Å². The first-order valence-corrected chi connectivity index (χ1v) is 8.86. The number of nitrogens with zero attached hydrogens (tertiary/aromatic N) is 2. The maximum atomic E-state index is 12.3. The molecule has 0 unspecified atom stereocenters. The molecule has 0 aliphatic rings. The highest BCUT2D eigenvalue weighted by molar-refractivity contribution is 7.90. The fourth-order valence-corrected chi connectivity index (χ4v) is 2.87. The van der Waals surface area contributed by atoms with Crippen molar-refractivity contribution in [2.24, 2.45) is 0 Å². The van der Waals surface area contributed by atoms with Crippen molar-refractivity contribution in [2.75, 3.05) is 32.5 Å². The minimum atomic E-state index is -3.99. The van der Waals surface area contributed by atoms with Crippen LogP contribution in [-0.2, 0) is 10.0 Å². The van der Waals surface area contributed by atoms with Crippen LogP contribution in [-0.4, -0.2) is 57.6 Å². The molecular formula is C14H25N5O3S. The van der Waals surface area contributed by atoms with Crippen molar-refractivity contribution in [3.63, 3.8) is 0 Å². The number of carbonyl (C=O) groups is 1. The van der Waals surface area contributed by atoms with Gasteiger partial charge < -0.3 is 15.5 Å². The smallest absolute Gasteiger partial charge is 0.328 e. The van der Waals surface area contributed by atoms with Gasteiger partial charge in [0.05, 0.1) is 5.69 Å². The Bertz CT molecular complexity index is 617. The Morgan fingerprint density at radius 2 is 2.04 bits per heavy atom. The van der Waals surface area contributed by atoms with E-state index in [9.17, 15) is 13.2 Å². The molecule has 0 radical (unpaired) electrons. The van der Waals surface area contributed by atoms with Crippen LogP contribution >= 0.6 is 0 Å². The topological polar surface area (TPSA) is 103 Å². The van der Waals surface area contributed by atoms with Crippen LogP contribution in [0.4, 0.5) is 10.5 Å². The van der Waals surface area contributed by atoms with Gasteiger partial charge in [-0.15, -0.1) is 0 Å². The third-order valence-corrected chi connectivity index (χ3v) is 4.18. The Kier molecular flexibility index (Phi) is 7.24. The Labute approximate surface area is 137 Å². The molecule has 0 aliphatic heterocycles. The first kappa shape index (κ1) is 19.2. The summed E-state index contributed by atoms with van der Waals surface area (Å²) < 4.78 is 26.6. The molecule has 3 N–H and O–H groups in total. The molecule has 0 spiro atoms. The van der Waals surface area contributed by atoms with Crippen LogP contribution in [0.1, 0.15) is 20.3 Å². The van der Waals surface area contributed by atoms with E-state index in [4.69, 9.17) is 0 Å². The second-order valence-corrected chi connectivity index (χ2v) is 7.34. The number of amides is 2. The Balaban J connectivity index is 2.80. The van der Waals surface area contributed by atoms with Gasteiger partial charge in [0.2, 0.25) is 0 Å². The number of sulfonamides is 1. The predicted molar refractivity (Wildman–Crippen MR) is 89.9 cm³/mol. The van der Waals surface area contributed by atoms with Crippen molar-refractivity contribution in [1.82, 2.24) is 19.9 Å². The van der Waals surface area contributed by atoms with E-state index in [2.05, 4.69) is 15.6 Å². The maximum Gasteiger partial charge on any atom is 0.328 e. The van der Waals surface area contributed by atoms with Crippen LogP contribution in [0.15, 0.2) is 23.4 Å². The van der Waals surface area contributed by atoms with Crippen LogP contribution in [0.3, 0.4) is 0 Å². The fourth-order valence-electron chi connectivity index (χ4n) is 1.83. The summed E-state index contributed by atoms with van der Waals surface area (Å²) in [5.41, 5.74) is 0.420. The average molecular weight is 343 g/mol. The number of urea groups is 1. The monoisotopic (exact) mass is 343 g/mol. The summed E-state index contributed by atoms with van der Waals surface area (Å²) in [5.74, 6) is 0. The Morgan fingerprint density at radius 1 is 1.35 bits per heavy atom. The first-order chi connectivity index (χ1) is 10.7. The largest absolute Gasteiger partial charge is 0.384 e. The third-order valence-electron chi connectivity index (χ3n) is 2.82. The van der Waals surface area contributed by atoms with Gasteiger partial charge in [0.15, 0.2) is 0 Å². The molecule has 1 aromatic rings. The number of rotatable bonds is 8. The van der Waals surface area contributed by atoms with E-state index in [0.717, 1.165) is 13.0 Å². The number of aromatic nitrogens is 1. The van der Waals surface area contributed by atoms with E-state index in [-0.39, 0.29) is 10.9 Å². The van der Waals surface area contributed by atoms with Crippen molar-refractivity contribution in [3.8, 4) is 0 Å². The molecule has 0 bridgehead atoms. The molecule has 9 heteroatoms. The molecule has 0 fully saturated rings. The number of anilines is 1. The molecule has 23 heavy (non-hydrogen) atoms. The lowest BCUT2D eigenvalue weighted by Crippen LogP contribution is -2.42. The molecule has 0 aliphatic carbocycles. The van der Waals surface area contributed by atoms with Crippen molar-refractivity contribution >= 4 is 21.7 Å². The lowest BCUT2D eigenvalue weighted by Gasteiger charge is -2.15. The normalized spacial score (nSPS) is 11.6. The van der Waals surface area contributed by atoms with Gasteiger partial charge in [0.1, 0.15) is 4.90 Å². The van der Waals surface area contributed by atoms with E-state index in [1.807, 2.05) is 23.7 Å². The van der Waals surface area contributed by atoms with E-state index in [1.54, 1.807) is 19.9 Å². The van der Waals surface area contributed by atoms with Gasteiger partial charge in [-0.1, -0.05) is 0 Å². The minimum absolute atomic E-state index is 0.0521. The van der Waals surface area contributed by atoms with E-state index < -0.39 is 16.1 Å².